The van der Waals surface area contributed by atoms with Gasteiger partial charge in [-0.05, 0) is 49.7 Å². The van der Waals surface area contributed by atoms with E-state index >= 15 is 0 Å². The first kappa shape index (κ1) is 19.3. The topological polar surface area (TPSA) is 72.8 Å². The lowest BCUT2D eigenvalue weighted by atomic mass is 10.0. The molecule has 1 fully saturated rings. The third-order valence-corrected chi connectivity index (χ3v) is 4.86. The largest absolute Gasteiger partial charge is 0.504 e. The molecule has 27 heavy (non-hydrogen) atoms. The minimum atomic E-state index is -0.683. The normalized spacial score (nSPS) is 16.1. The summed E-state index contributed by atoms with van der Waals surface area (Å²) in [6.07, 6.45) is 2.96. The van der Waals surface area contributed by atoms with Gasteiger partial charge in [-0.15, -0.1) is 0 Å². The van der Waals surface area contributed by atoms with E-state index in [1.807, 2.05) is 0 Å². The Balaban J connectivity index is 1.55. The molecule has 0 aromatic heterocycles. The SMILES string of the molecule is O=C(NC[C@H](O)CN1CCCCC1)c1ccc(-c2cccc(F)c2O)cc1. The van der Waals surface area contributed by atoms with Gasteiger partial charge in [-0.3, -0.25) is 4.79 Å². The lowest BCUT2D eigenvalue weighted by molar-refractivity contribution is 0.0831. The van der Waals surface area contributed by atoms with Crippen molar-refractivity contribution in [3.8, 4) is 16.9 Å². The summed E-state index contributed by atoms with van der Waals surface area (Å²) in [5.41, 5.74) is 1.44. The fraction of sp³-hybridized carbons (Fsp3) is 0.381. The van der Waals surface area contributed by atoms with Crippen LogP contribution in [0.2, 0.25) is 0 Å². The fourth-order valence-electron chi connectivity index (χ4n) is 3.37. The van der Waals surface area contributed by atoms with Crippen molar-refractivity contribution in [2.45, 2.75) is 25.4 Å². The quantitative estimate of drug-likeness (QED) is 0.729. The van der Waals surface area contributed by atoms with Gasteiger partial charge in [0.25, 0.3) is 5.91 Å². The van der Waals surface area contributed by atoms with Crippen LogP contribution in [0.1, 0.15) is 29.6 Å². The first-order valence-corrected chi connectivity index (χ1v) is 9.31. The number of halogens is 1. The number of likely N-dealkylation sites (tertiary alicyclic amines) is 1. The Morgan fingerprint density at radius 3 is 2.52 bits per heavy atom. The highest BCUT2D eigenvalue weighted by atomic mass is 19.1. The lowest BCUT2D eigenvalue weighted by Crippen LogP contribution is -2.42. The van der Waals surface area contributed by atoms with Gasteiger partial charge in [-0.1, -0.05) is 30.7 Å². The summed E-state index contributed by atoms with van der Waals surface area (Å²) < 4.78 is 13.5. The molecule has 1 aliphatic heterocycles. The standard InChI is InChI=1S/C21H25FN2O3/c22-19-6-4-5-18(20(19)26)15-7-9-16(10-8-15)21(27)23-13-17(25)14-24-11-2-1-3-12-24/h4-10,17,25-26H,1-3,11-14H2,(H,23,27)/t17-/m0/s1. The monoisotopic (exact) mass is 372 g/mol. The number of para-hydroxylation sites is 1. The van der Waals surface area contributed by atoms with Gasteiger partial charge < -0.3 is 20.4 Å². The number of hydrogen-bond acceptors (Lipinski definition) is 4. The number of carbonyl (C=O) groups excluding carboxylic acids is 1. The van der Waals surface area contributed by atoms with Gasteiger partial charge in [0.1, 0.15) is 0 Å². The minimum absolute atomic E-state index is 0.196. The molecule has 6 heteroatoms. The Kier molecular flexibility index (Phi) is 6.42. The molecule has 1 atom stereocenters. The number of phenolic OH excluding ortho intramolecular Hbond substituents is 1. The van der Waals surface area contributed by atoms with Crippen molar-refractivity contribution in [2.75, 3.05) is 26.2 Å². The number of β-amino-alcohol motifs (C(OH)–C–C–N with tert-alkyl or cyclic N) is 1. The number of aliphatic hydroxyl groups is 1. The van der Waals surface area contributed by atoms with Crippen LogP contribution in [-0.2, 0) is 0 Å². The highest BCUT2D eigenvalue weighted by Gasteiger charge is 2.16. The van der Waals surface area contributed by atoms with Gasteiger partial charge >= 0.3 is 0 Å². The second-order valence-corrected chi connectivity index (χ2v) is 6.94. The van der Waals surface area contributed by atoms with Crippen LogP contribution >= 0.6 is 0 Å². The molecule has 0 saturated carbocycles. The summed E-state index contributed by atoms with van der Waals surface area (Å²) in [6, 6.07) is 10.9. The lowest BCUT2D eigenvalue weighted by Gasteiger charge is -2.28. The van der Waals surface area contributed by atoms with E-state index in [0.29, 0.717) is 23.2 Å². The molecule has 0 unspecified atom stereocenters. The summed E-state index contributed by atoms with van der Waals surface area (Å²) in [7, 11) is 0. The number of hydrogen-bond donors (Lipinski definition) is 3. The Morgan fingerprint density at radius 2 is 1.81 bits per heavy atom. The smallest absolute Gasteiger partial charge is 0.251 e. The van der Waals surface area contributed by atoms with Crippen molar-refractivity contribution in [2.24, 2.45) is 0 Å². The van der Waals surface area contributed by atoms with E-state index in [-0.39, 0.29) is 12.5 Å². The molecule has 5 nitrogen and oxygen atoms in total. The number of nitrogens with one attached hydrogen (secondary N) is 1. The van der Waals surface area contributed by atoms with Gasteiger partial charge in [0.15, 0.2) is 11.6 Å². The van der Waals surface area contributed by atoms with Crippen molar-refractivity contribution < 1.29 is 19.4 Å². The van der Waals surface area contributed by atoms with E-state index in [1.165, 1.54) is 18.6 Å². The predicted octanol–water partition coefficient (Wildman–Crippen LogP) is 2.77. The van der Waals surface area contributed by atoms with Crippen LogP contribution in [0.25, 0.3) is 11.1 Å². The molecular weight excluding hydrogens is 347 g/mol. The van der Waals surface area contributed by atoms with Crippen molar-refractivity contribution in [3.05, 3.63) is 53.8 Å². The predicted molar refractivity (Wildman–Crippen MR) is 102 cm³/mol. The van der Waals surface area contributed by atoms with E-state index < -0.39 is 17.7 Å². The highest BCUT2D eigenvalue weighted by molar-refractivity contribution is 5.94. The number of phenols is 1. The fourth-order valence-corrected chi connectivity index (χ4v) is 3.37. The van der Waals surface area contributed by atoms with E-state index in [0.717, 1.165) is 25.9 Å². The summed E-state index contributed by atoms with van der Waals surface area (Å²) in [6.45, 7) is 2.76. The average Bonchev–Trinajstić information content (AvgIpc) is 2.69. The number of aliphatic hydroxyl groups excluding tert-OH is 1. The van der Waals surface area contributed by atoms with Crippen LogP contribution < -0.4 is 5.32 Å². The van der Waals surface area contributed by atoms with Crippen molar-refractivity contribution in [3.63, 3.8) is 0 Å². The van der Waals surface area contributed by atoms with Crippen molar-refractivity contribution >= 4 is 5.91 Å². The number of carbonyl (C=O) groups is 1. The zero-order chi connectivity index (χ0) is 19.2. The Labute approximate surface area is 158 Å². The van der Waals surface area contributed by atoms with Crippen LogP contribution in [0.15, 0.2) is 42.5 Å². The first-order valence-electron chi connectivity index (χ1n) is 9.31. The van der Waals surface area contributed by atoms with Crippen molar-refractivity contribution in [1.29, 1.82) is 0 Å². The van der Waals surface area contributed by atoms with E-state index in [2.05, 4.69) is 10.2 Å². The van der Waals surface area contributed by atoms with Crippen LogP contribution in [-0.4, -0.2) is 53.3 Å². The molecule has 0 radical (unpaired) electrons. The van der Waals surface area contributed by atoms with Crippen LogP contribution in [0.3, 0.4) is 0 Å². The second-order valence-electron chi connectivity index (χ2n) is 6.94. The average molecular weight is 372 g/mol. The zero-order valence-corrected chi connectivity index (χ0v) is 15.2. The number of amides is 1. The summed E-state index contributed by atoms with van der Waals surface area (Å²) in [5, 5.41) is 22.7. The zero-order valence-electron chi connectivity index (χ0n) is 15.2. The molecule has 1 heterocycles. The summed E-state index contributed by atoms with van der Waals surface area (Å²) in [5.74, 6) is -1.37. The van der Waals surface area contributed by atoms with Gasteiger partial charge in [0.2, 0.25) is 0 Å². The number of rotatable bonds is 6. The second kappa shape index (κ2) is 8.97. The first-order chi connectivity index (χ1) is 13.0. The van der Waals surface area contributed by atoms with Crippen molar-refractivity contribution in [1.82, 2.24) is 10.2 Å². The number of piperidine rings is 1. The molecular formula is C21H25FN2O3. The molecule has 2 aromatic carbocycles. The molecule has 1 aliphatic rings. The molecule has 144 valence electrons. The number of nitrogens with zero attached hydrogens (tertiary/aromatic N) is 1. The molecule has 0 bridgehead atoms. The van der Waals surface area contributed by atoms with Gasteiger partial charge in [-0.25, -0.2) is 4.39 Å². The maximum atomic E-state index is 13.5. The maximum Gasteiger partial charge on any atom is 0.251 e. The van der Waals surface area contributed by atoms with Crippen LogP contribution in [0, 0.1) is 5.82 Å². The molecule has 0 spiro atoms. The number of aromatic hydroxyl groups is 1. The van der Waals surface area contributed by atoms with E-state index in [9.17, 15) is 19.4 Å². The number of benzene rings is 2. The molecule has 2 aromatic rings. The third-order valence-electron chi connectivity index (χ3n) is 4.86. The molecule has 1 saturated heterocycles. The molecule has 1 amide bonds. The van der Waals surface area contributed by atoms with Gasteiger partial charge in [0.05, 0.1) is 6.10 Å². The third kappa shape index (κ3) is 5.05. The minimum Gasteiger partial charge on any atom is -0.504 e. The van der Waals surface area contributed by atoms with E-state index in [1.54, 1.807) is 30.3 Å². The Bertz CT molecular complexity index is 773. The Morgan fingerprint density at radius 1 is 1.11 bits per heavy atom. The van der Waals surface area contributed by atoms with Crippen LogP contribution in [0.5, 0.6) is 5.75 Å². The molecule has 3 rings (SSSR count). The highest BCUT2D eigenvalue weighted by Crippen LogP contribution is 2.31. The summed E-state index contributed by atoms with van der Waals surface area (Å²) >= 11 is 0. The van der Waals surface area contributed by atoms with Gasteiger partial charge in [-0.2, -0.15) is 0 Å². The van der Waals surface area contributed by atoms with Crippen LogP contribution in [0.4, 0.5) is 4.39 Å². The maximum absolute atomic E-state index is 13.5. The summed E-state index contributed by atoms with van der Waals surface area (Å²) in [4.78, 5) is 14.5. The molecule has 3 N–H and O–H groups in total. The Hall–Kier alpha value is -2.44. The molecule has 0 aliphatic carbocycles. The van der Waals surface area contributed by atoms with Gasteiger partial charge in [0, 0.05) is 24.2 Å². The van der Waals surface area contributed by atoms with E-state index in [4.69, 9.17) is 0 Å².